The minimum absolute atomic E-state index is 0.0603. The lowest BCUT2D eigenvalue weighted by Gasteiger charge is -2.10. The van der Waals surface area contributed by atoms with Crippen molar-refractivity contribution in [3.63, 3.8) is 0 Å². The van der Waals surface area contributed by atoms with Crippen LogP contribution >= 0.6 is 0 Å². The van der Waals surface area contributed by atoms with Crippen LogP contribution in [0, 0.1) is 12.7 Å². The molecule has 0 radical (unpaired) electrons. The molecule has 2 heterocycles. The van der Waals surface area contributed by atoms with Crippen LogP contribution in [0.2, 0.25) is 0 Å². The van der Waals surface area contributed by atoms with Gasteiger partial charge in [-0.3, -0.25) is 4.79 Å². The number of rotatable bonds is 5. The summed E-state index contributed by atoms with van der Waals surface area (Å²) >= 11 is 0. The summed E-state index contributed by atoms with van der Waals surface area (Å²) in [6.07, 6.45) is 1.81. The van der Waals surface area contributed by atoms with E-state index in [1.165, 1.54) is 19.2 Å². The molecule has 0 bridgehead atoms. The van der Waals surface area contributed by atoms with Gasteiger partial charge in [0.2, 0.25) is 5.91 Å². The molecule has 1 N–H and O–H groups in total. The molecule has 1 amide bonds. The Morgan fingerprint density at radius 3 is 2.37 bits per heavy atom. The topological polar surface area (TPSA) is 65.3 Å². The summed E-state index contributed by atoms with van der Waals surface area (Å²) in [4.78, 5) is 25.0. The lowest BCUT2D eigenvalue weighted by atomic mass is 10.2. The Kier molecular flexibility index (Phi) is 5.10. The fourth-order valence-corrected chi connectivity index (χ4v) is 3.40. The average molecular weight is 405 g/mol. The average Bonchev–Trinajstić information content (AvgIpc) is 3.30. The molecule has 2 aromatic heterocycles. The van der Waals surface area contributed by atoms with Crippen LogP contribution in [0.3, 0.4) is 0 Å². The number of amides is 1. The SMILES string of the molecule is COC(=O)c1cc2c(ccn2-c2ccc(F)cc2)n1CC(=O)Nc1ccc(C)cc1. The largest absolute Gasteiger partial charge is 0.464 e. The summed E-state index contributed by atoms with van der Waals surface area (Å²) in [6.45, 7) is 1.91. The highest BCUT2D eigenvalue weighted by Gasteiger charge is 2.21. The Morgan fingerprint density at radius 1 is 1.00 bits per heavy atom. The number of aromatic nitrogens is 2. The zero-order valence-electron chi connectivity index (χ0n) is 16.6. The van der Waals surface area contributed by atoms with Crippen molar-refractivity contribution in [2.75, 3.05) is 12.4 Å². The molecule has 0 saturated heterocycles. The van der Waals surface area contributed by atoms with Crippen LogP contribution in [-0.4, -0.2) is 28.1 Å². The van der Waals surface area contributed by atoms with E-state index in [9.17, 15) is 14.0 Å². The summed E-state index contributed by atoms with van der Waals surface area (Å²) in [5, 5.41) is 2.84. The summed E-state index contributed by atoms with van der Waals surface area (Å²) < 4.78 is 21.6. The van der Waals surface area contributed by atoms with E-state index in [1.54, 1.807) is 22.8 Å². The van der Waals surface area contributed by atoms with Gasteiger partial charge in [-0.15, -0.1) is 0 Å². The Hall–Kier alpha value is -3.87. The van der Waals surface area contributed by atoms with Gasteiger partial charge in [0.05, 0.1) is 18.1 Å². The Labute approximate surface area is 172 Å². The lowest BCUT2D eigenvalue weighted by molar-refractivity contribution is -0.116. The van der Waals surface area contributed by atoms with Crippen LogP contribution in [-0.2, 0) is 16.1 Å². The number of hydrogen-bond donors (Lipinski definition) is 1. The zero-order chi connectivity index (χ0) is 21.3. The van der Waals surface area contributed by atoms with Gasteiger partial charge in [0.15, 0.2) is 0 Å². The van der Waals surface area contributed by atoms with Gasteiger partial charge >= 0.3 is 5.97 Å². The number of anilines is 1. The highest BCUT2D eigenvalue weighted by molar-refractivity contribution is 5.98. The van der Waals surface area contributed by atoms with Crippen LogP contribution in [0.25, 0.3) is 16.7 Å². The number of nitrogens with one attached hydrogen (secondary N) is 1. The number of aryl methyl sites for hydroxylation is 1. The number of methoxy groups -OCH3 is 1. The first kappa shape index (κ1) is 19.4. The third kappa shape index (κ3) is 3.69. The number of halogens is 1. The van der Waals surface area contributed by atoms with Gasteiger partial charge in [-0.1, -0.05) is 17.7 Å². The van der Waals surface area contributed by atoms with Crippen molar-refractivity contribution >= 4 is 28.6 Å². The second kappa shape index (κ2) is 7.87. The smallest absolute Gasteiger partial charge is 0.354 e. The molecule has 4 aromatic rings. The molecule has 6 nitrogen and oxygen atoms in total. The van der Waals surface area contributed by atoms with Crippen molar-refractivity contribution in [1.82, 2.24) is 9.13 Å². The molecule has 30 heavy (non-hydrogen) atoms. The summed E-state index contributed by atoms with van der Waals surface area (Å²) in [6, 6.07) is 17.0. The number of carbonyl (C=O) groups is 2. The zero-order valence-corrected chi connectivity index (χ0v) is 16.6. The second-order valence-corrected chi connectivity index (χ2v) is 6.95. The van der Waals surface area contributed by atoms with E-state index in [0.29, 0.717) is 16.7 Å². The number of nitrogens with zero attached hydrogens (tertiary/aromatic N) is 2. The van der Waals surface area contributed by atoms with Crippen LogP contribution in [0.5, 0.6) is 0 Å². The van der Waals surface area contributed by atoms with Gasteiger partial charge in [-0.2, -0.15) is 0 Å². The molecule has 4 rings (SSSR count). The highest BCUT2D eigenvalue weighted by Crippen LogP contribution is 2.25. The van der Waals surface area contributed by atoms with E-state index in [2.05, 4.69) is 5.32 Å². The standard InChI is InChI=1S/C23H20FN3O3/c1-15-3-7-17(8-4-15)25-22(28)14-27-19-11-12-26(18-9-5-16(24)6-10-18)20(19)13-21(27)23(29)30-2/h3-13H,14H2,1-2H3,(H,25,28). The van der Waals surface area contributed by atoms with E-state index < -0.39 is 5.97 Å². The fraction of sp³-hybridized carbons (Fsp3) is 0.130. The van der Waals surface area contributed by atoms with E-state index in [4.69, 9.17) is 4.74 Å². The third-order valence-electron chi connectivity index (χ3n) is 4.89. The molecule has 0 aliphatic rings. The number of ether oxygens (including phenoxy) is 1. The minimum Gasteiger partial charge on any atom is -0.464 e. The van der Waals surface area contributed by atoms with Crippen LogP contribution in [0.4, 0.5) is 10.1 Å². The Balaban J connectivity index is 1.70. The normalized spacial score (nSPS) is 10.9. The van der Waals surface area contributed by atoms with Gasteiger partial charge in [0.1, 0.15) is 18.1 Å². The first-order valence-electron chi connectivity index (χ1n) is 9.37. The van der Waals surface area contributed by atoms with Crippen molar-refractivity contribution < 1.29 is 18.7 Å². The van der Waals surface area contributed by atoms with Crippen LogP contribution in [0.1, 0.15) is 16.1 Å². The van der Waals surface area contributed by atoms with E-state index in [0.717, 1.165) is 11.3 Å². The first-order valence-corrected chi connectivity index (χ1v) is 9.37. The molecule has 0 saturated carbocycles. The number of carbonyl (C=O) groups excluding carboxylic acids is 2. The third-order valence-corrected chi connectivity index (χ3v) is 4.89. The van der Waals surface area contributed by atoms with Crippen molar-refractivity contribution in [3.8, 4) is 5.69 Å². The number of benzene rings is 2. The quantitative estimate of drug-likeness (QED) is 0.504. The molecule has 0 spiro atoms. The van der Waals surface area contributed by atoms with Gasteiger partial charge in [0, 0.05) is 17.6 Å². The Bertz CT molecular complexity index is 1220. The molecule has 152 valence electrons. The van der Waals surface area contributed by atoms with Crippen molar-refractivity contribution in [2.45, 2.75) is 13.5 Å². The summed E-state index contributed by atoms with van der Waals surface area (Å²) in [7, 11) is 1.30. The summed E-state index contributed by atoms with van der Waals surface area (Å²) in [5.41, 5.74) is 4.18. The predicted octanol–water partition coefficient (Wildman–Crippen LogP) is 4.30. The van der Waals surface area contributed by atoms with Crippen molar-refractivity contribution in [3.05, 3.63) is 83.9 Å². The second-order valence-electron chi connectivity index (χ2n) is 6.95. The first-order chi connectivity index (χ1) is 14.5. The molecule has 2 aromatic carbocycles. The molecule has 7 heteroatoms. The minimum atomic E-state index is -0.542. The maximum absolute atomic E-state index is 13.3. The molecule has 0 aliphatic carbocycles. The maximum atomic E-state index is 13.3. The number of esters is 1. The van der Waals surface area contributed by atoms with Gasteiger partial charge in [-0.25, -0.2) is 9.18 Å². The fourth-order valence-electron chi connectivity index (χ4n) is 3.40. The maximum Gasteiger partial charge on any atom is 0.354 e. The number of fused-ring (bicyclic) bond motifs is 1. The van der Waals surface area contributed by atoms with E-state index in [-0.39, 0.29) is 24.0 Å². The molecule has 0 fully saturated rings. The summed E-state index contributed by atoms with van der Waals surface area (Å²) in [5.74, 6) is -1.14. The molecule has 0 aliphatic heterocycles. The predicted molar refractivity (Wildman–Crippen MR) is 112 cm³/mol. The monoisotopic (exact) mass is 405 g/mol. The van der Waals surface area contributed by atoms with Gasteiger partial charge in [-0.05, 0) is 55.5 Å². The highest BCUT2D eigenvalue weighted by atomic mass is 19.1. The molecular weight excluding hydrogens is 385 g/mol. The van der Waals surface area contributed by atoms with Crippen molar-refractivity contribution in [1.29, 1.82) is 0 Å². The molecular formula is C23H20FN3O3. The van der Waals surface area contributed by atoms with Crippen LogP contribution < -0.4 is 5.32 Å². The van der Waals surface area contributed by atoms with E-state index in [1.807, 2.05) is 48.0 Å². The van der Waals surface area contributed by atoms with E-state index >= 15 is 0 Å². The number of hydrogen-bond acceptors (Lipinski definition) is 3. The molecule has 0 unspecified atom stereocenters. The Morgan fingerprint density at radius 2 is 1.70 bits per heavy atom. The lowest BCUT2D eigenvalue weighted by Crippen LogP contribution is -2.21. The van der Waals surface area contributed by atoms with Crippen LogP contribution in [0.15, 0.2) is 66.9 Å². The molecule has 0 atom stereocenters. The van der Waals surface area contributed by atoms with Crippen molar-refractivity contribution in [2.24, 2.45) is 0 Å². The van der Waals surface area contributed by atoms with Gasteiger partial charge < -0.3 is 19.2 Å². The van der Waals surface area contributed by atoms with Gasteiger partial charge in [0.25, 0.3) is 0 Å².